The summed E-state index contributed by atoms with van der Waals surface area (Å²) >= 11 is 0. The van der Waals surface area contributed by atoms with Crippen LogP contribution in [-0.4, -0.2) is 17.6 Å². The van der Waals surface area contributed by atoms with Crippen molar-refractivity contribution in [1.29, 1.82) is 0 Å². The lowest BCUT2D eigenvalue weighted by Gasteiger charge is -2.18. The molecule has 0 radical (unpaired) electrons. The molecular weight excluding hydrogens is 114 g/mol. The average Bonchev–Trinajstić information content (AvgIpc) is 1.67. The van der Waals surface area contributed by atoms with Gasteiger partial charge in [0.15, 0.2) is 0 Å². The molecule has 0 bridgehead atoms. The first kappa shape index (κ1) is 7.82. The lowest BCUT2D eigenvalue weighted by atomic mass is 10.1. The van der Waals surface area contributed by atoms with Crippen LogP contribution in [0, 0.1) is 5.92 Å². The van der Waals surface area contributed by atoms with Crippen molar-refractivity contribution in [2.45, 2.75) is 19.7 Å². The Morgan fingerprint density at radius 1 is 1.62 bits per heavy atom. The second kappa shape index (κ2) is 2.40. The molecule has 0 saturated heterocycles. The van der Waals surface area contributed by atoms with E-state index in [0.29, 0.717) is 0 Å². The van der Waals surface area contributed by atoms with Gasteiger partial charge in [-0.2, -0.15) is 0 Å². The number of aliphatic hydroxyl groups is 1. The highest BCUT2D eigenvalue weighted by molar-refractivity contribution is 4.66. The van der Waals surface area contributed by atoms with E-state index in [9.17, 15) is 8.78 Å². The van der Waals surface area contributed by atoms with E-state index in [-0.39, 0.29) is 0 Å². The summed E-state index contributed by atoms with van der Waals surface area (Å²) in [7, 11) is 0. The zero-order valence-electron chi connectivity index (χ0n) is 4.99. The maximum atomic E-state index is 12.1. The van der Waals surface area contributed by atoms with Crippen molar-refractivity contribution in [2.75, 3.05) is 6.67 Å². The molecule has 0 spiro atoms. The summed E-state index contributed by atoms with van der Waals surface area (Å²) in [6.07, 6.45) is 0. The normalized spacial score (nSPS) is 18.8. The van der Waals surface area contributed by atoms with Gasteiger partial charge >= 0.3 is 0 Å². The van der Waals surface area contributed by atoms with E-state index in [2.05, 4.69) is 0 Å². The Morgan fingerprint density at radius 2 is 2.00 bits per heavy atom. The predicted molar refractivity (Wildman–Crippen MR) is 26.9 cm³/mol. The van der Waals surface area contributed by atoms with Crippen molar-refractivity contribution in [2.24, 2.45) is 5.92 Å². The third kappa shape index (κ3) is 1.74. The third-order valence-electron chi connectivity index (χ3n) is 1.07. The number of hydrogen-bond acceptors (Lipinski definition) is 1. The number of halogens is 2. The fourth-order valence-electron chi connectivity index (χ4n) is 0.154. The highest BCUT2D eigenvalue weighted by Crippen LogP contribution is 2.17. The van der Waals surface area contributed by atoms with Crippen molar-refractivity contribution < 1.29 is 13.9 Å². The van der Waals surface area contributed by atoms with Crippen LogP contribution in [-0.2, 0) is 0 Å². The van der Waals surface area contributed by atoms with Gasteiger partial charge in [0.05, 0.1) is 0 Å². The Kier molecular flexibility index (Phi) is 2.34. The van der Waals surface area contributed by atoms with E-state index in [1.165, 1.54) is 13.8 Å². The van der Waals surface area contributed by atoms with Crippen molar-refractivity contribution in [3.63, 3.8) is 0 Å². The Hall–Kier alpha value is -0.180. The van der Waals surface area contributed by atoms with E-state index >= 15 is 0 Å². The number of hydrogen-bond donors (Lipinski definition) is 1. The van der Waals surface area contributed by atoms with Crippen LogP contribution in [0.1, 0.15) is 13.8 Å². The minimum atomic E-state index is -2.62. The maximum Gasteiger partial charge on any atom is 0.237 e. The molecule has 1 unspecified atom stereocenters. The molecule has 0 saturated carbocycles. The Bertz CT molecular complexity index is 70.8. The lowest BCUT2D eigenvalue weighted by molar-refractivity contribution is -0.138. The smallest absolute Gasteiger partial charge is 0.237 e. The maximum absolute atomic E-state index is 12.1. The second-order valence-corrected chi connectivity index (χ2v) is 2.11. The molecule has 0 heterocycles. The molecule has 1 N–H and O–H groups in total. The zero-order valence-corrected chi connectivity index (χ0v) is 4.99. The molecule has 0 fully saturated rings. The SMILES string of the molecule is CC(C)C(O)(F)CF. The van der Waals surface area contributed by atoms with E-state index in [4.69, 9.17) is 5.11 Å². The highest BCUT2D eigenvalue weighted by atomic mass is 19.2. The minimum Gasteiger partial charge on any atom is -0.360 e. The fourth-order valence-corrected chi connectivity index (χ4v) is 0.154. The molecule has 50 valence electrons. The summed E-state index contributed by atoms with van der Waals surface area (Å²) in [4.78, 5) is 0. The minimum absolute atomic E-state index is 0.674. The van der Waals surface area contributed by atoms with Gasteiger partial charge in [-0.1, -0.05) is 13.8 Å². The van der Waals surface area contributed by atoms with Crippen molar-refractivity contribution in [3.05, 3.63) is 0 Å². The molecule has 3 heteroatoms. The van der Waals surface area contributed by atoms with Gasteiger partial charge in [0, 0.05) is 5.92 Å². The first-order chi connectivity index (χ1) is 3.50. The van der Waals surface area contributed by atoms with Gasteiger partial charge in [-0.05, 0) is 0 Å². The van der Waals surface area contributed by atoms with Crippen LogP contribution in [0.25, 0.3) is 0 Å². The monoisotopic (exact) mass is 124 g/mol. The van der Waals surface area contributed by atoms with Gasteiger partial charge in [0.2, 0.25) is 5.85 Å². The Morgan fingerprint density at radius 3 is 2.00 bits per heavy atom. The molecule has 0 amide bonds. The Balaban J connectivity index is 3.71. The lowest BCUT2D eigenvalue weighted by Crippen LogP contribution is -2.31. The highest BCUT2D eigenvalue weighted by Gasteiger charge is 2.29. The largest absolute Gasteiger partial charge is 0.360 e. The van der Waals surface area contributed by atoms with Crippen LogP contribution in [0.3, 0.4) is 0 Å². The molecule has 0 aromatic carbocycles. The van der Waals surface area contributed by atoms with Gasteiger partial charge in [0.1, 0.15) is 6.67 Å². The summed E-state index contributed by atoms with van der Waals surface area (Å²) in [5, 5.41) is 8.36. The van der Waals surface area contributed by atoms with Crippen LogP contribution in [0.15, 0.2) is 0 Å². The summed E-state index contributed by atoms with van der Waals surface area (Å²) < 4.78 is 23.5. The summed E-state index contributed by atoms with van der Waals surface area (Å²) in [5.41, 5.74) is 0. The van der Waals surface area contributed by atoms with Gasteiger partial charge in [-0.25, -0.2) is 8.78 Å². The first-order valence-electron chi connectivity index (χ1n) is 2.48. The van der Waals surface area contributed by atoms with Crippen LogP contribution in [0.5, 0.6) is 0 Å². The van der Waals surface area contributed by atoms with Crippen molar-refractivity contribution in [1.82, 2.24) is 0 Å². The van der Waals surface area contributed by atoms with Gasteiger partial charge in [-0.3, -0.25) is 0 Å². The van der Waals surface area contributed by atoms with Crippen LogP contribution in [0.2, 0.25) is 0 Å². The number of rotatable bonds is 2. The molecule has 1 atom stereocenters. The van der Waals surface area contributed by atoms with Crippen LogP contribution >= 0.6 is 0 Å². The molecular formula is C5H10F2O. The van der Waals surface area contributed by atoms with Gasteiger partial charge < -0.3 is 5.11 Å². The molecule has 0 aliphatic heterocycles. The molecule has 1 nitrogen and oxygen atoms in total. The molecule has 0 aromatic heterocycles. The topological polar surface area (TPSA) is 20.2 Å². The molecule has 0 aliphatic carbocycles. The molecule has 8 heavy (non-hydrogen) atoms. The van der Waals surface area contributed by atoms with Gasteiger partial charge in [-0.15, -0.1) is 0 Å². The first-order valence-corrected chi connectivity index (χ1v) is 2.48. The van der Waals surface area contributed by atoms with Crippen LogP contribution < -0.4 is 0 Å². The van der Waals surface area contributed by atoms with E-state index < -0.39 is 18.4 Å². The zero-order chi connectivity index (χ0) is 6.78. The average molecular weight is 124 g/mol. The Labute approximate surface area is 47.3 Å². The van der Waals surface area contributed by atoms with E-state index in [1.807, 2.05) is 0 Å². The van der Waals surface area contributed by atoms with Crippen molar-refractivity contribution in [3.8, 4) is 0 Å². The molecule has 0 rings (SSSR count). The number of alkyl halides is 2. The summed E-state index contributed by atoms with van der Waals surface area (Å²) in [6, 6.07) is 0. The molecule has 0 aliphatic rings. The van der Waals surface area contributed by atoms with E-state index in [1.54, 1.807) is 0 Å². The summed E-state index contributed by atoms with van der Waals surface area (Å²) in [6.45, 7) is 1.50. The second-order valence-electron chi connectivity index (χ2n) is 2.11. The summed E-state index contributed by atoms with van der Waals surface area (Å²) in [5.74, 6) is -3.30. The van der Waals surface area contributed by atoms with Crippen molar-refractivity contribution >= 4 is 0 Å². The third-order valence-corrected chi connectivity index (χ3v) is 1.07. The quantitative estimate of drug-likeness (QED) is 0.587. The van der Waals surface area contributed by atoms with Crippen LogP contribution in [0.4, 0.5) is 8.78 Å². The molecule has 0 aromatic rings. The fraction of sp³-hybridized carbons (Fsp3) is 1.00. The van der Waals surface area contributed by atoms with E-state index in [0.717, 1.165) is 0 Å². The predicted octanol–water partition coefficient (Wildman–Crippen LogP) is 1.27. The van der Waals surface area contributed by atoms with Gasteiger partial charge in [0.25, 0.3) is 0 Å². The standard InChI is InChI=1S/C5H10F2O/c1-4(2)5(7,8)3-6/h4,8H,3H2,1-2H3.